The van der Waals surface area contributed by atoms with E-state index in [1.807, 2.05) is 7.05 Å². The zero-order valence-corrected chi connectivity index (χ0v) is 10.8. The Kier molecular flexibility index (Phi) is 2.99. The molecule has 1 aliphatic rings. The normalized spacial score (nSPS) is 21.0. The van der Waals surface area contributed by atoms with Gasteiger partial charge in [-0.1, -0.05) is 23.5 Å². The second-order valence-electron chi connectivity index (χ2n) is 4.54. The third-order valence-electron chi connectivity index (χ3n) is 3.38. The molecule has 1 aliphatic heterocycles. The number of nitrogens with one attached hydrogen (secondary N) is 1. The van der Waals surface area contributed by atoms with Crippen molar-refractivity contribution in [2.45, 2.75) is 18.9 Å². The van der Waals surface area contributed by atoms with Crippen molar-refractivity contribution in [3.63, 3.8) is 0 Å². The van der Waals surface area contributed by atoms with Crippen LogP contribution < -0.4 is 10.2 Å². The summed E-state index contributed by atoms with van der Waals surface area (Å²) >= 11 is 1.80. The third-order valence-corrected chi connectivity index (χ3v) is 4.48. The highest BCUT2D eigenvalue weighted by Gasteiger charge is 2.20. The number of aromatic nitrogens is 1. The minimum Gasteiger partial charge on any atom is -0.347 e. The van der Waals surface area contributed by atoms with Crippen LogP contribution in [0.1, 0.15) is 12.8 Å². The van der Waals surface area contributed by atoms with Gasteiger partial charge in [0.15, 0.2) is 5.13 Å². The van der Waals surface area contributed by atoms with Gasteiger partial charge in [0.1, 0.15) is 0 Å². The molecular weight excluding hydrogens is 230 g/mol. The lowest BCUT2D eigenvalue weighted by molar-refractivity contribution is 0.449. The van der Waals surface area contributed by atoms with E-state index in [0.29, 0.717) is 6.04 Å². The van der Waals surface area contributed by atoms with Crippen molar-refractivity contribution in [2.24, 2.45) is 0 Å². The lowest BCUT2D eigenvalue weighted by Gasteiger charge is -2.32. The van der Waals surface area contributed by atoms with E-state index in [4.69, 9.17) is 4.98 Å². The molecule has 3 rings (SSSR count). The Morgan fingerprint density at radius 2 is 2.29 bits per heavy atom. The van der Waals surface area contributed by atoms with Crippen LogP contribution >= 0.6 is 11.3 Å². The molecule has 1 aromatic heterocycles. The van der Waals surface area contributed by atoms with Crippen molar-refractivity contribution in [1.29, 1.82) is 0 Å². The number of nitrogens with zero attached hydrogens (tertiary/aromatic N) is 2. The molecule has 1 N–H and O–H groups in total. The van der Waals surface area contributed by atoms with Crippen LogP contribution in [0.15, 0.2) is 24.3 Å². The van der Waals surface area contributed by atoms with E-state index >= 15 is 0 Å². The molecule has 1 atom stereocenters. The van der Waals surface area contributed by atoms with Crippen molar-refractivity contribution in [2.75, 3.05) is 25.0 Å². The van der Waals surface area contributed by atoms with Crippen LogP contribution in [0.2, 0.25) is 0 Å². The summed E-state index contributed by atoms with van der Waals surface area (Å²) in [7, 11) is 2.05. The monoisotopic (exact) mass is 247 g/mol. The molecule has 0 bridgehead atoms. The van der Waals surface area contributed by atoms with Gasteiger partial charge in [0.05, 0.1) is 10.2 Å². The Morgan fingerprint density at radius 3 is 3.12 bits per heavy atom. The number of hydrogen-bond acceptors (Lipinski definition) is 4. The van der Waals surface area contributed by atoms with Gasteiger partial charge in [0.25, 0.3) is 0 Å². The Morgan fingerprint density at radius 1 is 1.41 bits per heavy atom. The van der Waals surface area contributed by atoms with Crippen LogP contribution in [0, 0.1) is 0 Å². The molecular formula is C13H17N3S. The summed E-state index contributed by atoms with van der Waals surface area (Å²) in [6, 6.07) is 8.98. The molecule has 0 spiro atoms. The first-order valence-corrected chi connectivity index (χ1v) is 6.96. The van der Waals surface area contributed by atoms with Gasteiger partial charge in [-0.25, -0.2) is 4.98 Å². The molecule has 0 saturated carbocycles. The first-order valence-electron chi connectivity index (χ1n) is 6.14. The fourth-order valence-corrected chi connectivity index (χ4v) is 3.38. The maximum Gasteiger partial charge on any atom is 0.186 e. The first-order chi connectivity index (χ1) is 8.36. The van der Waals surface area contributed by atoms with Crippen molar-refractivity contribution >= 4 is 26.7 Å². The molecule has 1 saturated heterocycles. The summed E-state index contributed by atoms with van der Waals surface area (Å²) in [5.41, 5.74) is 1.12. The number of piperidine rings is 1. The molecule has 90 valence electrons. The smallest absolute Gasteiger partial charge is 0.186 e. The lowest BCUT2D eigenvalue weighted by Crippen LogP contribution is -2.44. The van der Waals surface area contributed by atoms with Crippen LogP contribution in [-0.4, -0.2) is 31.2 Å². The van der Waals surface area contributed by atoms with E-state index in [-0.39, 0.29) is 0 Å². The second-order valence-corrected chi connectivity index (χ2v) is 5.55. The number of rotatable bonds is 2. The van der Waals surface area contributed by atoms with Gasteiger partial charge in [0.2, 0.25) is 0 Å². The summed E-state index contributed by atoms with van der Waals surface area (Å²) in [5, 5.41) is 4.54. The molecule has 0 aliphatic carbocycles. The number of hydrogen-bond donors (Lipinski definition) is 1. The molecule has 2 aromatic rings. The average Bonchev–Trinajstić information content (AvgIpc) is 2.82. The molecule has 0 unspecified atom stereocenters. The zero-order chi connectivity index (χ0) is 11.7. The topological polar surface area (TPSA) is 28.2 Å². The Bertz CT molecular complexity index is 475. The molecule has 17 heavy (non-hydrogen) atoms. The summed E-state index contributed by atoms with van der Waals surface area (Å²) in [4.78, 5) is 7.13. The minimum absolute atomic E-state index is 0.607. The first kappa shape index (κ1) is 11.0. The maximum absolute atomic E-state index is 4.72. The van der Waals surface area contributed by atoms with Crippen LogP contribution in [0.4, 0.5) is 5.13 Å². The van der Waals surface area contributed by atoms with E-state index in [2.05, 4.69) is 34.5 Å². The number of likely N-dealkylation sites (N-methyl/N-ethyl adjacent to an activating group) is 1. The Hall–Kier alpha value is -1.13. The number of thiazole rings is 1. The fraction of sp³-hybridized carbons (Fsp3) is 0.462. The lowest BCUT2D eigenvalue weighted by atomic mass is 10.1. The molecule has 0 radical (unpaired) electrons. The SMILES string of the molecule is CN[C@H]1CCCN(c2nc3ccccc3s2)C1. The van der Waals surface area contributed by atoms with Gasteiger partial charge in [-0.05, 0) is 32.0 Å². The van der Waals surface area contributed by atoms with Crippen molar-refractivity contribution in [3.05, 3.63) is 24.3 Å². The average molecular weight is 247 g/mol. The van der Waals surface area contributed by atoms with E-state index in [9.17, 15) is 0 Å². The standard InChI is InChI=1S/C13H17N3S/c1-14-10-5-4-8-16(9-10)13-15-11-6-2-3-7-12(11)17-13/h2-3,6-7,10,14H,4-5,8-9H2,1H3/t10-/m0/s1. The zero-order valence-electron chi connectivity index (χ0n) is 10.0. The van der Waals surface area contributed by atoms with Crippen molar-refractivity contribution in [1.82, 2.24) is 10.3 Å². The van der Waals surface area contributed by atoms with Gasteiger partial charge < -0.3 is 10.2 Å². The summed E-state index contributed by atoms with van der Waals surface area (Å²) < 4.78 is 1.29. The summed E-state index contributed by atoms with van der Waals surface area (Å²) in [6.45, 7) is 2.22. The second kappa shape index (κ2) is 4.63. The predicted molar refractivity (Wildman–Crippen MR) is 73.9 cm³/mol. The van der Waals surface area contributed by atoms with E-state index in [1.165, 1.54) is 22.7 Å². The summed E-state index contributed by atoms with van der Waals surface area (Å²) in [6.07, 6.45) is 2.53. The molecule has 1 aromatic carbocycles. The van der Waals surface area contributed by atoms with Crippen molar-refractivity contribution in [3.8, 4) is 0 Å². The molecule has 4 heteroatoms. The van der Waals surface area contributed by atoms with Crippen LogP contribution in [0.5, 0.6) is 0 Å². The Balaban J connectivity index is 1.87. The highest BCUT2D eigenvalue weighted by molar-refractivity contribution is 7.22. The van der Waals surface area contributed by atoms with Gasteiger partial charge >= 0.3 is 0 Å². The van der Waals surface area contributed by atoms with Gasteiger partial charge in [-0.2, -0.15) is 0 Å². The minimum atomic E-state index is 0.607. The van der Waals surface area contributed by atoms with Gasteiger partial charge in [-0.15, -0.1) is 0 Å². The molecule has 0 amide bonds. The number of fused-ring (bicyclic) bond motifs is 1. The quantitative estimate of drug-likeness (QED) is 0.883. The molecule has 1 fully saturated rings. The van der Waals surface area contributed by atoms with Gasteiger partial charge in [0, 0.05) is 19.1 Å². The number of anilines is 1. The fourth-order valence-electron chi connectivity index (χ4n) is 2.38. The van der Waals surface area contributed by atoms with E-state index < -0.39 is 0 Å². The highest BCUT2D eigenvalue weighted by atomic mass is 32.1. The number of benzene rings is 1. The molecule has 2 heterocycles. The largest absolute Gasteiger partial charge is 0.347 e. The highest BCUT2D eigenvalue weighted by Crippen LogP contribution is 2.30. The van der Waals surface area contributed by atoms with E-state index in [0.717, 1.165) is 18.6 Å². The summed E-state index contributed by atoms with van der Waals surface area (Å²) in [5.74, 6) is 0. The van der Waals surface area contributed by atoms with E-state index in [1.54, 1.807) is 11.3 Å². The van der Waals surface area contributed by atoms with Crippen LogP contribution in [-0.2, 0) is 0 Å². The van der Waals surface area contributed by atoms with Crippen molar-refractivity contribution < 1.29 is 0 Å². The predicted octanol–water partition coefficient (Wildman–Crippen LogP) is 2.48. The molecule has 3 nitrogen and oxygen atoms in total. The Labute approximate surface area is 105 Å². The maximum atomic E-state index is 4.72. The van der Waals surface area contributed by atoms with Crippen LogP contribution in [0.3, 0.4) is 0 Å². The third kappa shape index (κ3) is 2.15. The van der Waals surface area contributed by atoms with Crippen LogP contribution in [0.25, 0.3) is 10.2 Å². The van der Waals surface area contributed by atoms with Gasteiger partial charge in [-0.3, -0.25) is 0 Å². The number of para-hydroxylation sites is 1.